The number of aromatic amines is 1. The van der Waals surface area contributed by atoms with Crippen molar-refractivity contribution in [1.82, 2.24) is 20.4 Å². The Bertz CT molecular complexity index is 507. The van der Waals surface area contributed by atoms with Gasteiger partial charge in [-0.15, -0.1) is 0 Å². The maximum atomic E-state index is 12.4. The van der Waals surface area contributed by atoms with E-state index in [-0.39, 0.29) is 36.0 Å². The Balaban J connectivity index is 2.86. The van der Waals surface area contributed by atoms with Gasteiger partial charge in [0.05, 0.1) is 17.9 Å². The van der Waals surface area contributed by atoms with Gasteiger partial charge >= 0.3 is 0 Å². The lowest BCUT2D eigenvalue weighted by Crippen LogP contribution is -2.42. The van der Waals surface area contributed by atoms with Crippen LogP contribution in [-0.4, -0.2) is 46.0 Å². The summed E-state index contributed by atoms with van der Waals surface area (Å²) in [5, 5.41) is 9.56. The highest BCUT2D eigenvalue weighted by atomic mass is 16.2. The number of hydrogen-bond donors (Lipinski definition) is 3. The molecule has 21 heavy (non-hydrogen) atoms. The molecule has 0 fully saturated rings. The maximum absolute atomic E-state index is 12.4. The molecule has 0 aromatic carbocycles. The third-order valence-corrected chi connectivity index (χ3v) is 3.07. The molecule has 2 amide bonds. The van der Waals surface area contributed by atoms with Crippen LogP contribution in [0.4, 0.5) is 5.69 Å². The van der Waals surface area contributed by atoms with Gasteiger partial charge in [0.1, 0.15) is 0 Å². The zero-order valence-electron chi connectivity index (χ0n) is 13.4. The van der Waals surface area contributed by atoms with Crippen LogP contribution < -0.4 is 11.1 Å². The highest BCUT2D eigenvalue weighted by molar-refractivity contribution is 5.99. The van der Waals surface area contributed by atoms with E-state index in [4.69, 9.17) is 5.73 Å². The van der Waals surface area contributed by atoms with Crippen LogP contribution in [0, 0.1) is 0 Å². The van der Waals surface area contributed by atoms with Crippen LogP contribution in [0.5, 0.6) is 0 Å². The lowest BCUT2D eigenvalue weighted by atomic mass is 10.1. The number of amides is 2. The van der Waals surface area contributed by atoms with Gasteiger partial charge in [-0.05, 0) is 26.7 Å². The Morgan fingerprint density at radius 2 is 1.95 bits per heavy atom. The van der Waals surface area contributed by atoms with Crippen LogP contribution in [0.3, 0.4) is 0 Å². The zero-order chi connectivity index (χ0) is 16.2. The van der Waals surface area contributed by atoms with E-state index in [1.165, 1.54) is 4.90 Å². The molecule has 0 unspecified atom stereocenters. The van der Waals surface area contributed by atoms with Crippen LogP contribution in [0.15, 0.2) is 0 Å². The summed E-state index contributed by atoms with van der Waals surface area (Å²) >= 11 is 0. The minimum absolute atomic E-state index is 0.00315. The Morgan fingerprint density at radius 3 is 2.38 bits per heavy atom. The molecule has 118 valence electrons. The molecule has 0 bridgehead atoms. The predicted octanol–water partition coefficient (Wildman–Crippen LogP) is 1.10. The number of nitrogen functional groups attached to an aromatic ring is 1. The second kappa shape index (κ2) is 7.10. The average molecular weight is 295 g/mol. The smallest absolute Gasteiger partial charge is 0.276 e. The Labute approximate surface area is 125 Å². The number of nitrogens with zero attached hydrogens (tertiary/aromatic N) is 2. The average Bonchev–Trinajstić information content (AvgIpc) is 2.76. The fourth-order valence-electron chi connectivity index (χ4n) is 1.99. The molecule has 0 spiro atoms. The molecule has 0 aliphatic rings. The number of nitrogens with two attached hydrogens (primary N) is 1. The molecular weight excluding hydrogens is 270 g/mol. The molecular formula is C14H25N5O2. The first-order chi connectivity index (χ1) is 9.77. The molecule has 7 nitrogen and oxygen atoms in total. The van der Waals surface area contributed by atoms with Gasteiger partial charge in [-0.25, -0.2) is 0 Å². The summed E-state index contributed by atoms with van der Waals surface area (Å²) in [6.45, 7) is 9.89. The van der Waals surface area contributed by atoms with Crippen molar-refractivity contribution in [3.63, 3.8) is 0 Å². The normalized spacial score (nSPS) is 11.0. The van der Waals surface area contributed by atoms with Gasteiger partial charge in [0.2, 0.25) is 5.91 Å². The van der Waals surface area contributed by atoms with Crippen LogP contribution >= 0.6 is 0 Å². The minimum atomic E-state index is -0.336. The fourth-order valence-corrected chi connectivity index (χ4v) is 1.99. The van der Waals surface area contributed by atoms with E-state index >= 15 is 0 Å². The van der Waals surface area contributed by atoms with E-state index in [9.17, 15) is 9.59 Å². The van der Waals surface area contributed by atoms with Gasteiger partial charge in [0, 0.05) is 12.6 Å². The van der Waals surface area contributed by atoms with E-state index < -0.39 is 0 Å². The molecule has 1 aromatic rings. The van der Waals surface area contributed by atoms with Crippen LogP contribution in [-0.2, 0) is 4.79 Å². The number of likely N-dealkylation sites (N-methyl/N-ethyl adjacent to an activating group) is 1. The fraction of sp³-hybridized carbons (Fsp3) is 0.643. The van der Waals surface area contributed by atoms with Gasteiger partial charge in [0.15, 0.2) is 5.69 Å². The molecule has 0 saturated carbocycles. The van der Waals surface area contributed by atoms with Crippen molar-refractivity contribution in [2.24, 2.45) is 0 Å². The maximum Gasteiger partial charge on any atom is 0.276 e. The Kier molecular flexibility index (Phi) is 5.75. The largest absolute Gasteiger partial charge is 0.395 e. The predicted molar refractivity (Wildman–Crippen MR) is 81.9 cm³/mol. The van der Waals surface area contributed by atoms with Crippen molar-refractivity contribution >= 4 is 17.5 Å². The molecule has 1 aromatic heterocycles. The monoisotopic (exact) mass is 295 g/mol. The lowest BCUT2D eigenvalue weighted by molar-refractivity contribution is -0.122. The summed E-state index contributed by atoms with van der Waals surface area (Å²) in [7, 11) is 0. The molecule has 1 rings (SSSR count). The summed E-state index contributed by atoms with van der Waals surface area (Å²) in [6, 6.07) is 0.0364. The SMILES string of the molecule is CCN(CC(=O)NC(C)C)C(=O)c1n[nH]c(C(C)C)c1N. The molecule has 0 radical (unpaired) electrons. The van der Waals surface area contributed by atoms with Crippen molar-refractivity contribution in [1.29, 1.82) is 0 Å². The molecule has 0 aliphatic heterocycles. The molecule has 4 N–H and O–H groups in total. The van der Waals surface area contributed by atoms with E-state index in [1.54, 1.807) is 0 Å². The molecule has 0 aliphatic carbocycles. The third kappa shape index (κ3) is 4.21. The number of anilines is 1. The van der Waals surface area contributed by atoms with Gasteiger partial charge in [-0.2, -0.15) is 5.10 Å². The second-order valence-electron chi connectivity index (χ2n) is 5.60. The number of carbonyl (C=O) groups is 2. The van der Waals surface area contributed by atoms with Crippen molar-refractivity contribution < 1.29 is 9.59 Å². The number of rotatable bonds is 6. The van der Waals surface area contributed by atoms with Crippen molar-refractivity contribution in [3.05, 3.63) is 11.4 Å². The summed E-state index contributed by atoms with van der Waals surface area (Å²) < 4.78 is 0. The quantitative estimate of drug-likeness (QED) is 0.731. The van der Waals surface area contributed by atoms with Crippen LogP contribution in [0.1, 0.15) is 56.7 Å². The van der Waals surface area contributed by atoms with E-state index in [0.29, 0.717) is 12.2 Å². The summed E-state index contributed by atoms with van der Waals surface area (Å²) in [5.41, 5.74) is 7.24. The first-order valence-electron chi connectivity index (χ1n) is 7.20. The van der Waals surface area contributed by atoms with E-state index in [2.05, 4.69) is 15.5 Å². The molecule has 0 saturated heterocycles. The highest BCUT2D eigenvalue weighted by Gasteiger charge is 2.24. The number of H-pyrrole nitrogens is 1. The molecule has 1 heterocycles. The second-order valence-corrected chi connectivity index (χ2v) is 5.60. The summed E-state index contributed by atoms with van der Waals surface area (Å²) in [5.74, 6) is -0.381. The minimum Gasteiger partial charge on any atom is -0.395 e. The molecule has 0 atom stereocenters. The number of carbonyl (C=O) groups excluding carboxylic acids is 2. The van der Waals surface area contributed by atoms with Gasteiger partial charge in [-0.3, -0.25) is 14.7 Å². The topological polar surface area (TPSA) is 104 Å². The first kappa shape index (κ1) is 17.0. The third-order valence-electron chi connectivity index (χ3n) is 3.07. The Morgan fingerprint density at radius 1 is 1.33 bits per heavy atom. The van der Waals surface area contributed by atoms with Crippen molar-refractivity contribution in [2.45, 2.75) is 46.6 Å². The highest BCUT2D eigenvalue weighted by Crippen LogP contribution is 2.22. The van der Waals surface area contributed by atoms with E-state index in [1.807, 2.05) is 34.6 Å². The summed E-state index contributed by atoms with van der Waals surface area (Å²) in [6.07, 6.45) is 0. The Hall–Kier alpha value is -2.05. The zero-order valence-corrected chi connectivity index (χ0v) is 13.4. The van der Waals surface area contributed by atoms with Gasteiger partial charge < -0.3 is 16.0 Å². The lowest BCUT2D eigenvalue weighted by Gasteiger charge is -2.20. The summed E-state index contributed by atoms with van der Waals surface area (Å²) in [4.78, 5) is 25.7. The number of aromatic nitrogens is 2. The number of hydrogen-bond acceptors (Lipinski definition) is 4. The standard InChI is InChI=1S/C14H25N5O2/c1-6-19(7-10(20)16-9(4)5)14(21)13-11(15)12(8(2)3)17-18-13/h8-9H,6-7,15H2,1-5H3,(H,16,20)(H,17,18). The van der Waals surface area contributed by atoms with Crippen molar-refractivity contribution in [2.75, 3.05) is 18.8 Å². The molecule has 7 heteroatoms. The first-order valence-corrected chi connectivity index (χ1v) is 7.20. The van der Waals surface area contributed by atoms with E-state index in [0.717, 1.165) is 5.69 Å². The van der Waals surface area contributed by atoms with Crippen LogP contribution in [0.25, 0.3) is 0 Å². The van der Waals surface area contributed by atoms with Gasteiger partial charge in [-0.1, -0.05) is 13.8 Å². The van der Waals surface area contributed by atoms with Crippen LogP contribution in [0.2, 0.25) is 0 Å². The van der Waals surface area contributed by atoms with Gasteiger partial charge in [0.25, 0.3) is 5.91 Å². The van der Waals surface area contributed by atoms with Crippen molar-refractivity contribution in [3.8, 4) is 0 Å². The number of nitrogens with one attached hydrogen (secondary N) is 2.